The Morgan fingerprint density at radius 2 is 1.03 bits per heavy atom. The molecule has 0 heterocycles. The number of nitrogen functional groups attached to an aromatic ring is 4. The molecule has 0 saturated heterocycles. The van der Waals surface area contributed by atoms with E-state index in [1.165, 1.54) is 24.3 Å². The molecule has 0 radical (unpaired) electrons. The zero-order valence-electron chi connectivity index (χ0n) is 18.0. The van der Waals surface area contributed by atoms with Gasteiger partial charge >= 0.3 is 29.6 Å². The van der Waals surface area contributed by atoms with Crippen LogP contribution in [0.1, 0.15) is 5.56 Å². The molecule has 0 unspecified atom stereocenters. The van der Waals surface area contributed by atoms with Gasteiger partial charge in [-0.1, -0.05) is 23.2 Å². The molecular weight excluding hydrogens is 514 g/mol. The summed E-state index contributed by atoms with van der Waals surface area (Å²) in [6.45, 7) is 1.59. The number of nitrogens with two attached hydrogens (primary N) is 4. The van der Waals surface area contributed by atoms with Gasteiger partial charge in [0.2, 0.25) is 0 Å². The molecule has 0 spiro atoms. The van der Waals surface area contributed by atoms with Gasteiger partial charge in [-0.3, -0.25) is 0 Å². The summed E-state index contributed by atoms with van der Waals surface area (Å²) in [4.78, 5) is -0.581. The Morgan fingerprint density at radius 3 is 1.38 bits per heavy atom. The molecule has 0 atom stereocenters. The van der Waals surface area contributed by atoms with Crippen molar-refractivity contribution >= 4 is 78.8 Å². The van der Waals surface area contributed by atoms with Gasteiger partial charge in [-0.15, -0.1) is 10.2 Å². The fraction of sp³-hybridized carbons (Fsp3) is 0.0526. The summed E-state index contributed by atoms with van der Waals surface area (Å²) in [7, 11) is -4.85. The van der Waals surface area contributed by atoms with Gasteiger partial charge in [0.1, 0.15) is 21.5 Å². The number of halogens is 2. The van der Waals surface area contributed by atoms with Gasteiger partial charge in [0.05, 0.1) is 49.1 Å². The number of anilines is 4. The van der Waals surface area contributed by atoms with Crippen LogP contribution in [-0.2, 0) is 10.1 Å². The molecule has 0 aliphatic heterocycles. The van der Waals surface area contributed by atoms with Gasteiger partial charge in [-0.2, -0.15) is 10.2 Å². The second kappa shape index (κ2) is 10.9. The molecule has 0 aliphatic carbocycles. The van der Waals surface area contributed by atoms with Gasteiger partial charge < -0.3 is 27.5 Å². The number of azo groups is 2. The molecule has 34 heavy (non-hydrogen) atoms. The summed E-state index contributed by atoms with van der Waals surface area (Å²) in [5, 5.41) is 16.4. The first-order valence-corrected chi connectivity index (χ1v) is 11.2. The van der Waals surface area contributed by atoms with Crippen LogP contribution in [0, 0.1) is 6.92 Å². The third-order valence-corrected chi connectivity index (χ3v) is 5.91. The van der Waals surface area contributed by atoms with Gasteiger partial charge in [0, 0.05) is 5.56 Å². The van der Waals surface area contributed by atoms with E-state index in [1.54, 1.807) is 6.92 Å². The van der Waals surface area contributed by atoms with E-state index in [2.05, 4.69) is 20.5 Å². The zero-order valence-corrected chi connectivity index (χ0v) is 22.3. The molecule has 3 aromatic carbocycles. The zero-order chi connectivity index (χ0) is 24.5. The molecule has 3 rings (SSSR count). The summed E-state index contributed by atoms with van der Waals surface area (Å²) >= 11 is 12.0. The van der Waals surface area contributed by atoms with E-state index in [1.807, 2.05) is 0 Å². The van der Waals surface area contributed by atoms with Crippen molar-refractivity contribution in [2.75, 3.05) is 22.9 Å². The fourth-order valence-electron chi connectivity index (χ4n) is 2.59. The minimum Gasteiger partial charge on any atom is -0.744 e. The average molecular weight is 531 g/mol. The van der Waals surface area contributed by atoms with E-state index >= 15 is 0 Å². The third-order valence-electron chi connectivity index (χ3n) is 4.44. The quantitative estimate of drug-likeness (QED) is 0.167. The Hall–Kier alpha value is -2.45. The van der Waals surface area contributed by atoms with Crippen LogP contribution in [0.25, 0.3) is 0 Å². The van der Waals surface area contributed by atoms with Crippen LogP contribution >= 0.6 is 23.2 Å². The van der Waals surface area contributed by atoms with Crippen LogP contribution in [0.4, 0.5) is 45.5 Å². The van der Waals surface area contributed by atoms with E-state index in [0.29, 0.717) is 5.56 Å². The van der Waals surface area contributed by atoms with Crippen molar-refractivity contribution in [3.8, 4) is 0 Å². The molecule has 15 heteroatoms. The molecule has 172 valence electrons. The smallest absolute Gasteiger partial charge is 0.744 e. The Bertz CT molecular complexity index is 1340. The number of rotatable bonds is 5. The van der Waals surface area contributed by atoms with Gasteiger partial charge in [-0.25, -0.2) is 8.42 Å². The second-order valence-corrected chi connectivity index (χ2v) is 9.00. The topological polar surface area (TPSA) is 211 Å². The largest absolute Gasteiger partial charge is 1.00 e. The monoisotopic (exact) mass is 530 g/mol. The predicted molar refractivity (Wildman–Crippen MR) is 128 cm³/mol. The van der Waals surface area contributed by atoms with Gasteiger partial charge in [0.15, 0.2) is 0 Å². The maximum absolute atomic E-state index is 11.7. The van der Waals surface area contributed by atoms with Crippen molar-refractivity contribution in [3.05, 3.63) is 52.0 Å². The molecule has 0 bridgehead atoms. The third kappa shape index (κ3) is 6.36. The minimum absolute atomic E-state index is 0. The normalized spacial score (nSPS) is 11.8. The molecular formula is C19H17Cl2N8NaO3S. The first-order valence-electron chi connectivity index (χ1n) is 9.00. The summed E-state index contributed by atoms with van der Waals surface area (Å²) in [6, 6.07) is 7.72. The van der Waals surface area contributed by atoms with Crippen LogP contribution in [0.2, 0.25) is 10.0 Å². The molecule has 0 fully saturated rings. The molecule has 0 aromatic heterocycles. The first kappa shape index (κ1) is 27.8. The van der Waals surface area contributed by atoms with Crippen LogP contribution in [0.15, 0.2) is 61.8 Å². The van der Waals surface area contributed by atoms with Crippen molar-refractivity contribution < 1.29 is 42.5 Å². The molecule has 11 nitrogen and oxygen atoms in total. The predicted octanol–water partition coefficient (Wildman–Crippen LogP) is 2.37. The molecule has 8 N–H and O–H groups in total. The van der Waals surface area contributed by atoms with E-state index in [9.17, 15) is 13.0 Å². The number of benzene rings is 3. The van der Waals surface area contributed by atoms with E-state index in [-0.39, 0.29) is 85.1 Å². The Kier molecular flexibility index (Phi) is 8.88. The Balaban J connectivity index is 0.00000408. The number of nitrogens with zero attached hydrogens (tertiary/aromatic N) is 4. The molecule has 0 amide bonds. The van der Waals surface area contributed by atoms with E-state index < -0.39 is 15.0 Å². The first-order chi connectivity index (χ1) is 15.4. The molecule has 0 saturated carbocycles. The Labute approximate surface area is 227 Å². The van der Waals surface area contributed by atoms with Gasteiger partial charge in [0.25, 0.3) is 0 Å². The van der Waals surface area contributed by atoms with Crippen LogP contribution in [0.3, 0.4) is 0 Å². The fourth-order valence-corrected chi connectivity index (χ4v) is 3.42. The van der Waals surface area contributed by atoms with Crippen LogP contribution in [-0.4, -0.2) is 13.0 Å². The van der Waals surface area contributed by atoms with Crippen molar-refractivity contribution in [3.63, 3.8) is 0 Å². The maximum atomic E-state index is 11.7. The minimum atomic E-state index is -4.85. The SMILES string of the molecule is Cc1c(N=Nc2cc(Cl)c(N)cc2N)cc(S(=O)(=O)[O-])cc1N=Nc1cc(Cl)c(N)cc1N.[Na+]. The van der Waals surface area contributed by atoms with E-state index in [4.69, 9.17) is 46.1 Å². The van der Waals surface area contributed by atoms with Crippen molar-refractivity contribution in [1.82, 2.24) is 0 Å². The average Bonchev–Trinajstić information content (AvgIpc) is 2.72. The maximum Gasteiger partial charge on any atom is 1.00 e. The summed E-state index contributed by atoms with van der Waals surface area (Å²) in [5.41, 5.74) is 24.8. The van der Waals surface area contributed by atoms with Gasteiger partial charge in [-0.05, 0) is 43.3 Å². The summed E-state index contributed by atoms with van der Waals surface area (Å²) < 4.78 is 35.0. The van der Waals surface area contributed by atoms with Crippen molar-refractivity contribution in [2.45, 2.75) is 11.8 Å². The molecule has 0 aliphatic rings. The molecule has 3 aromatic rings. The van der Waals surface area contributed by atoms with E-state index in [0.717, 1.165) is 12.1 Å². The second-order valence-electron chi connectivity index (χ2n) is 6.81. The summed E-state index contributed by atoms with van der Waals surface area (Å²) in [6.07, 6.45) is 0. The summed E-state index contributed by atoms with van der Waals surface area (Å²) in [5.74, 6) is 0. The standard InChI is InChI=1S/C19H18Cl2N8O3S.Na/c1-8-16(26-28-18-4-10(20)12(22)6-14(18)24)2-9(33(30,31)32)3-17(8)27-29-19-5-11(21)13(23)7-15(19)25;/h2-7H,22-25H2,1H3,(H,30,31,32);/q;+1/p-1. The van der Waals surface area contributed by atoms with Crippen molar-refractivity contribution in [1.29, 1.82) is 0 Å². The van der Waals surface area contributed by atoms with Crippen LogP contribution < -0.4 is 52.5 Å². The number of hydrogen-bond acceptors (Lipinski definition) is 11. The van der Waals surface area contributed by atoms with Crippen LogP contribution in [0.5, 0.6) is 0 Å². The Morgan fingerprint density at radius 1 is 0.676 bits per heavy atom. The van der Waals surface area contributed by atoms with Crippen molar-refractivity contribution in [2.24, 2.45) is 20.5 Å². The number of hydrogen-bond donors (Lipinski definition) is 4.